The number of Topliss-reactive ketones (excluding diaryl/α,β-unsaturated/α-hetero) is 1. The summed E-state index contributed by atoms with van der Waals surface area (Å²) in [4.78, 5) is 23.7. The van der Waals surface area contributed by atoms with Crippen LogP contribution in [0, 0.1) is 11.3 Å². The van der Waals surface area contributed by atoms with Crippen LogP contribution >= 0.6 is 0 Å². The lowest BCUT2D eigenvalue weighted by Crippen LogP contribution is -2.49. The summed E-state index contributed by atoms with van der Waals surface area (Å²) in [7, 11) is 0. The zero-order valence-corrected chi connectivity index (χ0v) is 12.1. The van der Waals surface area contributed by atoms with Gasteiger partial charge >= 0.3 is 6.09 Å². The molecule has 18 heavy (non-hydrogen) atoms. The Hall–Kier alpha value is -1.06. The van der Waals surface area contributed by atoms with Gasteiger partial charge in [0.15, 0.2) is 0 Å². The van der Waals surface area contributed by atoms with E-state index in [0.717, 1.165) is 19.3 Å². The van der Waals surface area contributed by atoms with Crippen molar-refractivity contribution < 1.29 is 14.3 Å². The van der Waals surface area contributed by atoms with Gasteiger partial charge in [0.1, 0.15) is 11.4 Å². The minimum absolute atomic E-state index is 0.0192. The highest BCUT2D eigenvalue weighted by Crippen LogP contribution is 2.42. The highest BCUT2D eigenvalue weighted by atomic mass is 16.6. The number of carbonyl (C=O) groups excluding carboxylic acids is 2. The van der Waals surface area contributed by atoms with Crippen molar-refractivity contribution in [1.82, 2.24) is 5.32 Å². The van der Waals surface area contributed by atoms with Crippen LogP contribution in [0.1, 0.15) is 53.9 Å². The molecule has 0 aromatic carbocycles. The molecule has 0 unspecified atom stereocenters. The Kier molecular flexibility index (Phi) is 4.41. The number of ketones is 1. The van der Waals surface area contributed by atoms with Crippen LogP contribution < -0.4 is 5.32 Å². The third kappa shape index (κ3) is 3.72. The Balaban J connectivity index is 2.50. The summed E-state index contributed by atoms with van der Waals surface area (Å²) in [6, 6.07) is 0. The van der Waals surface area contributed by atoms with Gasteiger partial charge in [-0.05, 0) is 33.6 Å². The molecule has 0 aliphatic heterocycles. The summed E-state index contributed by atoms with van der Waals surface area (Å²) in [5.74, 6) is 0.274. The first-order chi connectivity index (χ1) is 8.16. The molecule has 0 radical (unpaired) electrons. The molecule has 0 saturated heterocycles. The molecule has 1 aliphatic carbocycles. The Labute approximate surface area is 109 Å². The highest BCUT2D eigenvalue weighted by molar-refractivity contribution is 5.88. The number of hydrogen-bond acceptors (Lipinski definition) is 3. The first kappa shape index (κ1) is 15.0. The van der Waals surface area contributed by atoms with Crippen molar-refractivity contribution in [3.8, 4) is 0 Å². The molecule has 104 valence electrons. The standard InChI is InChI=1S/C14H25NO3/c1-10(2)11(16)14(7-6-8-14)9-15-12(17)18-13(3,4)5/h10H,6-9H2,1-5H3,(H,15,17). The summed E-state index contributed by atoms with van der Waals surface area (Å²) < 4.78 is 5.18. The quantitative estimate of drug-likeness (QED) is 0.840. The van der Waals surface area contributed by atoms with Crippen LogP contribution in [0.4, 0.5) is 4.79 Å². The predicted octanol–water partition coefficient (Wildman–Crippen LogP) is 2.91. The molecule has 1 rings (SSSR count). The molecule has 1 amide bonds. The molecule has 4 heteroatoms. The SMILES string of the molecule is CC(C)C(=O)C1(CNC(=O)OC(C)(C)C)CCC1. The van der Waals surface area contributed by atoms with Gasteiger partial charge in [-0.15, -0.1) is 0 Å². The number of hydrogen-bond donors (Lipinski definition) is 1. The normalized spacial score (nSPS) is 18.1. The second kappa shape index (κ2) is 5.29. The Morgan fingerprint density at radius 3 is 2.17 bits per heavy atom. The van der Waals surface area contributed by atoms with E-state index in [1.54, 1.807) is 0 Å². The maximum Gasteiger partial charge on any atom is 0.407 e. The van der Waals surface area contributed by atoms with E-state index in [0.29, 0.717) is 6.54 Å². The molecule has 0 atom stereocenters. The van der Waals surface area contributed by atoms with Gasteiger partial charge in [0.05, 0.1) is 0 Å². The second-order valence-corrected chi connectivity index (χ2v) is 6.51. The molecule has 1 aliphatic rings. The molecule has 0 aromatic rings. The van der Waals surface area contributed by atoms with Crippen molar-refractivity contribution in [3.05, 3.63) is 0 Å². The Morgan fingerprint density at radius 2 is 1.83 bits per heavy atom. The van der Waals surface area contributed by atoms with Crippen molar-refractivity contribution in [2.45, 2.75) is 59.5 Å². The van der Waals surface area contributed by atoms with E-state index >= 15 is 0 Å². The van der Waals surface area contributed by atoms with Crippen LogP contribution in [0.2, 0.25) is 0 Å². The third-order valence-electron chi connectivity index (χ3n) is 3.33. The van der Waals surface area contributed by atoms with Gasteiger partial charge in [-0.25, -0.2) is 4.79 Å². The lowest BCUT2D eigenvalue weighted by molar-refractivity contribution is -0.136. The first-order valence-corrected chi connectivity index (χ1v) is 6.67. The summed E-state index contributed by atoms with van der Waals surface area (Å²) >= 11 is 0. The largest absolute Gasteiger partial charge is 0.444 e. The van der Waals surface area contributed by atoms with Crippen molar-refractivity contribution in [2.75, 3.05) is 6.54 Å². The maximum absolute atomic E-state index is 12.2. The minimum Gasteiger partial charge on any atom is -0.444 e. The Morgan fingerprint density at radius 1 is 1.28 bits per heavy atom. The van der Waals surface area contributed by atoms with E-state index in [2.05, 4.69) is 5.32 Å². The van der Waals surface area contributed by atoms with E-state index in [9.17, 15) is 9.59 Å². The molecule has 1 fully saturated rings. The van der Waals surface area contributed by atoms with Gasteiger partial charge in [-0.1, -0.05) is 20.3 Å². The molecule has 1 N–H and O–H groups in total. The van der Waals surface area contributed by atoms with E-state index in [1.807, 2.05) is 34.6 Å². The van der Waals surface area contributed by atoms with E-state index in [1.165, 1.54) is 0 Å². The zero-order chi connectivity index (χ0) is 14.0. The molecular weight excluding hydrogens is 230 g/mol. The number of amides is 1. The third-order valence-corrected chi connectivity index (χ3v) is 3.33. The fourth-order valence-electron chi connectivity index (χ4n) is 2.28. The van der Waals surface area contributed by atoms with Gasteiger partial charge in [0, 0.05) is 17.9 Å². The fourth-order valence-corrected chi connectivity index (χ4v) is 2.28. The maximum atomic E-state index is 12.2. The van der Waals surface area contributed by atoms with E-state index in [4.69, 9.17) is 4.74 Å². The molecule has 4 nitrogen and oxygen atoms in total. The van der Waals surface area contributed by atoms with Crippen LogP contribution in [0.3, 0.4) is 0 Å². The topological polar surface area (TPSA) is 55.4 Å². The molecule has 0 spiro atoms. The van der Waals surface area contributed by atoms with Crippen LogP contribution in [-0.4, -0.2) is 24.0 Å². The predicted molar refractivity (Wildman–Crippen MR) is 70.4 cm³/mol. The van der Waals surface area contributed by atoms with Gasteiger partial charge in [0.2, 0.25) is 0 Å². The highest BCUT2D eigenvalue weighted by Gasteiger charge is 2.44. The smallest absolute Gasteiger partial charge is 0.407 e. The molecule has 0 heterocycles. The number of nitrogens with one attached hydrogen (secondary N) is 1. The van der Waals surface area contributed by atoms with Crippen LogP contribution in [0.15, 0.2) is 0 Å². The monoisotopic (exact) mass is 255 g/mol. The zero-order valence-electron chi connectivity index (χ0n) is 12.1. The van der Waals surface area contributed by atoms with Crippen LogP contribution in [-0.2, 0) is 9.53 Å². The van der Waals surface area contributed by atoms with Gasteiger partial charge in [0.25, 0.3) is 0 Å². The van der Waals surface area contributed by atoms with Crippen molar-refractivity contribution >= 4 is 11.9 Å². The van der Waals surface area contributed by atoms with Crippen LogP contribution in [0.5, 0.6) is 0 Å². The molecular formula is C14H25NO3. The van der Waals surface area contributed by atoms with E-state index < -0.39 is 11.7 Å². The van der Waals surface area contributed by atoms with Crippen molar-refractivity contribution in [1.29, 1.82) is 0 Å². The fraction of sp³-hybridized carbons (Fsp3) is 0.857. The Bertz CT molecular complexity index is 324. The minimum atomic E-state index is -0.501. The lowest BCUT2D eigenvalue weighted by atomic mass is 9.63. The first-order valence-electron chi connectivity index (χ1n) is 6.67. The number of ether oxygens (including phenoxy) is 1. The number of carbonyl (C=O) groups is 2. The van der Waals surface area contributed by atoms with Gasteiger partial charge < -0.3 is 10.1 Å². The van der Waals surface area contributed by atoms with Gasteiger partial charge in [-0.2, -0.15) is 0 Å². The van der Waals surface area contributed by atoms with Crippen LogP contribution in [0.25, 0.3) is 0 Å². The molecule has 1 saturated carbocycles. The average molecular weight is 255 g/mol. The lowest BCUT2D eigenvalue weighted by Gasteiger charge is -2.41. The van der Waals surface area contributed by atoms with Crippen molar-refractivity contribution in [2.24, 2.45) is 11.3 Å². The summed E-state index contributed by atoms with van der Waals surface area (Å²) in [5.41, 5.74) is -0.843. The van der Waals surface area contributed by atoms with Gasteiger partial charge in [-0.3, -0.25) is 4.79 Å². The number of rotatable bonds is 4. The molecule has 0 aromatic heterocycles. The van der Waals surface area contributed by atoms with E-state index in [-0.39, 0.29) is 17.1 Å². The van der Waals surface area contributed by atoms with Crippen molar-refractivity contribution in [3.63, 3.8) is 0 Å². The average Bonchev–Trinajstić information content (AvgIpc) is 2.12. The molecule has 0 bridgehead atoms. The second-order valence-electron chi connectivity index (χ2n) is 6.51. The summed E-state index contributed by atoms with van der Waals surface area (Å²) in [6.45, 7) is 9.70. The number of alkyl carbamates (subject to hydrolysis) is 1. The summed E-state index contributed by atoms with van der Waals surface area (Å²) in [6.07, 6.45) is 2.37. The summed E-state index contributed by atoms with van der Waals surface area (Å²) in [5, 5.41) is 2.74.